The standard InChI is InChI=1S/C15H27N5O2/c1-11(2)8-19-4-5-20-13(9-19)6-12(18-20)7-17-15(21)14(16)10-22-3/h6,11,14H,4-5,7-10,16H2,1-3H3,(H,17,21)/t14-/m1/s1. The van der Waals surface area contributed by atoms with Crippen molar-refractivity contribution >= 4 is 5.91 Å². The average Bonchev–Trinajstić information content (AvgIpc) is 2.86. The van der Waals surface area contributed by atoms with E-state index >= 15 is 0 Å². The zero-order valence-corrected chi connectivity index (χ0v) is 13.7. The number of methoxy groups -OCH3 is 1. The van der Waals surface area contributed by atoms with Gasteiger partial charge in [0.05, 0.1) is 31.1 Å². The summed E-state index contributed by atoms with van der Waals surface area (Å²) in [6, 6.07) is 1.43. The topological polar surface area (TPSA) is 85.4 Å². The van der Waals surface area contributed by atoms with Crippen molar-refractivity contribution in [1.82, 2.24) is 20.0 Å². The largest absolute Gasteiger partial charge is 0.383 e. The molecule has 3 N–H and O–H groups in total. The molecule has 0 unspecified atom stereocenters. The fourth-order valence-corrected chi connectivity index (χ4v) is 2.70. The van der Waals surface area contributed by atoms with Crippen LogP contribution in [0.15, 0.2) is 6.07 Å². The van der Waals surface area contributed by atoms with Crippen LogP contribution in [-0.4, -0.2) is 53.4 Å². The smallest absolute Gasteiger partial charge is 0.239 e. The molecule has 0 saturated heterocycles. The van der Waals surface area contributed by atoms with Gasteiger partial charge in [-0.3, -0.25) is 14.4 Å². The summed E-state index contributed by atoms with van der Waals surface area (Å²) in [6.45, 7) is 9.03. The van der Waals surface area contributed by atoms with Crippen LogP contribution in [0.1, 0.15) is 25.2 Å². The molecule has 1 aliphatic heterocycles. The van der Waals surface area contributed by atoms with Gasteiger partial charge < -0.3 is 15.8 Å². The van der Waals surface area contributed by atoms with Crippen molar-refractivity contribution < 1.29 is 9.53 Å². The van der Waals surface area contributed by atoms with Gasteiger partial charge in [-0.2, -0.15) is 5.10 Å². The van der Waals surface area contributed by atoms with Crippen LogP contribution >= 0.6 is 0 Å². The number of amides is 1. The molecule has 1 aromatic rings. The highest BCUT2D eigenvalue weighted by atomic mass is 16.5. The van der Waals surface area contributed by atoms with Crippen LogP contribution in [0.5, 0.6) is 0 Å². The Hall–Kier alpha value is -1.44. The minimum atomic E-state index is -0.635. The van der Waals surface area contributed by atoms with E-state index in [9.17, 15) is 4.79 Å². The van der Waals surface area contributed by atoms with Crippen LogP contribution < -0.4 is 11.1 Å². The molecule has 1 aromatic heterocycles. The first-order valence-corrected chi connectivity index (χ1v) is 7.79. The summed E-state index contributed by atoms with van der Waals surface area (Å²) in [5.41, 5.74) is 7.76. The van der Waals surface area contributed by atoms with E-state index in [-0.39, 0.29) is 12.5 Å². The van der Waals surface area contributed by atoms with Crippen molar-refractivity contribution in [2.75, 3.05) is 26.8 Å². The Morgan fingerprint density at radius 2 is 2.27 bits per heavy atom. The number of ether oxygens (including phenoxy) is 1. The predicted molar refractivity (Wildman–Crippen MR) is 84.0 cm³/mol. The molecule has 124 valence electrons. The molecule has 7 nitrogen and oxygen atoms in total. The molecule has 0 bridgehead atoms. The number of fused-ring (bicyclic) bond motifs is 1. The van der Waals surface area contributed by atoms with Gasteiger partial charge in [0.25, 0.3) is 0 Å². The Kier molecular flexibility index (Phi) is 5.93. The lowest BCUT2D eigenvalue weighted by Crippen LogP contribution is -2.43. The van der Waals surface area contributed by atoms with Gasteiger partial charge in [-0.15, -0.1) is 0 Å². The minimum Gasteiger partial charge on any atom is -0.383 e. The highest BCUT2D eigenvalue weighted by Crippen LogP contribution is 2.15. The van der Waals surface area contributed by atoms with Crippen molar-refractivity contribution in [3.8, 4) is 0 Å². The van der Waals surface area contributed by atoms with Crippen molar-refractivity contribution in [3.05, 3.63) is 17.5 Å². The number of rotatable bonds is 7. The van der Waals surface area contributed by atoms with Crippen molar-refractivity contribution in [2.24, 2.45) is 11.7 Å². The molecule has 2 rings (SSSR count). The number of nitrogens with one attached hydrogen (secondary N) is 1. The Bertz CT molecular complexity index is 500. The summed E-state index contributed by atoms with van der Waals surface area (Å²) in [5.74, 6) is 0.449. The molecule has 1 atom stereocenters. The Morgan fingerprint density at radius 1 is 1.50 bits per heavy atom. The molecule has 0 aliphatic carbocycles. The fourth-order valence-electron chi connectivity index (χ4n) is 2.70. The molecular formula is C15H27N5O2. The van der Waals surface area contributed by atoms with Gasteiger partial charge in [0.2, 0.25) is 5.91 Å². The predicted octanol–water partition coefficient (Wildman–Crippen LogP) is -0.0554. The summed E-state index contributed by atoms with van der Waals surface area (Å²) in [7, 11) is 1.53. The summed E-state index contributed by atoms with van der Waals surface area (Å²) < 4.78 is 6.91. The van der Waals surface area contributed by atoms with E-state index < -0.39 is 6.04 Å². The normalized spacial score (nSPS) is 16.6. The first-order chi connectivity index (χ1) is 10.5. The van der Waals surface area contributed by atoms with E-state index in [1.807, 2.05) is 4.68 Å². The number of nitrogens with two attached hydrogens (primary N) is 1. The van der Waals surface area contributed by atoms with E-state index in [1.54, 1.807) is 0 Å². The third-order valence-electron chi connectivity index (χ3n) is 3.68. The van der Waals surface area contributed by atoms with Crippen LogP contribution in [0.25, 0.3) is 0 Å². The molecule has 0 fully saturated rings. The maximum absolute atomic E-state index is 11.8. The van der Waals surface area contributed by atoms with Gasteiger partial charge in [0.15, 0.2) is 0 Å². The Balaban J connectivity index is 1.88. The summed E-state index contributed by atoms with van der Waals surface area (Å²) >= 11 is 0. The summed E-state index contributed by atoms with van der Waals surface area (Å²) in [4.78, 5) is 14.2. The van der Waals surface area contributed by atoms with Crippen LogP contribution in [-0.2, 0) is 29.2 Å². The van der Waals surface area contributed by atoms with Gasteiger partial charge in [-0.1, -0.05) is 13.8 Å². The SMILES string of the molecule is COC[C@@H](N)C(=O)NCc1cc2n(n1)CCN(CC(C)C)C2. The Labute approximate surface area is 131 Å². The third-order valence-corrected chi connectivity index (χ3v) is 3.68. The van der Waals surface area contributed by atoms with E-state index in [0.29, 0.717) is 12.5 Å². The second-order valence-electron chi connectivity index (χ2n) is 6.26. The quantitative estimate of drug-likeness (QED) is 0.737. The maximum Gasteiger partial charge on any atom is 0.239 e. The van der Waals surface area contributed by atoms with Crippen LogP contribution in [0.3, 0.4) is 0 Å². The number of hydrogen-bond donors (Lipinski definition) is 2. The van der Waals surface area contributed by atoms with Crippen molar-refractivity contribution in [2.45, 2.75) is 39.5 Å². The molecule has 0 radical (unpaired) electrons. The van der Waals surface area contributed by atoms with Gasteiger partial charge in [0.1, 0.15) is 6.04 Å². The van der Waals surface area contributed by atoms with E-state index in [0.717, 1.165) is 31.9 Å². The molecule has 0 saturated carbocycles. The minimum absolute atomic E-state index is 0.214. The van der Waals surface area contributed by atoms with E-state index in [2.05, 4.69) is 35.2 Å². The van der Waals surface area contributed by atoms with E-state index in [4.69, 9.17) is 10.5 Å². The van der Waals surface area contributed by atoms with Gasteiger partial charge in [0, 0.05) is 26.7 Å². The molecule has 2 heterocycles. The van der Waals surface area contributed by atoms with Crippen LogP contribution in [0.2, 0.25) is 0 Å². The molecule has 1 aliphatic rings. The molecule has 0 spiro atoms. The zero-order chi connectivity index (χ0) is 16.1. The molecular weight excluding hydrogens is 282 g/mol. The summed E-state index contributed by atoms with van der Waals surface area (Å²) in [5, 5.41) is 7.35. The van der Waals surface area contributed by atoms with Gasteiger partial charge in [-0.25, -0.2) is 0 Å². The first-order valence-electron chi connectivity index (χ1n) is 7.79. The number of nitrogens with zero attached hydrogens (tertiary/aromatic N) is 3. The van der Waals surface area contributed by atoms with E-state index in [1.165, 1.54) is 12.8 Å². The first kappa shape index (κ1) is 16.9. The van der Waals surface area contributed by atoms with Crippen molar-refractivity contribution in [1.29, 1.82) is 0 Å². The lowest BCUT2D eigenvalue weighted by molar-refractivity contribution is -0.123. The van der Waals surface area contributed by atoms with Crippen LogP contribution in [0, 0.1) is 5.92 Å². The summed E-state index contributed by atoms with van der Waals surface area (Å²) in [6.07, 6.45) is 0. The second-order valence-corrected chi connectivity index (χ2v) is 6.26. The fraction of sp³-hybridized carbons (Fsp3) is 0.733. The molecule has 1 amide bonds. The lowest BCUT2D eigenvalue weighted by atomic mass is 10.2. The number of carbonyl (C=O) groups excluding carboxylic acids is 1. The Morgan fingerprint density at radius 3 is 2.95 bits per heavy atom. The molecule has 22 heavy (non-hydrogen) atoms. The molecule has 0 aromatic carbocycles. The van der Waals surface area contributed by atoms with Gasteiger partial charge >= 0.3 is 0 Å². The monoisotopic (exact) mass is 309 g/mol. The average molecular weight is 309 g/mol. The lowest BCUT2D eigenvalue weighted by Gasteiger charge is -2.28. The third kappa shape index (κ3) is 4.53. The second kappa shape index (κ2) is 7.71. The maximum atomic E-state index is 11.8. The van der Waals surface area contributed by atoms with Crippen LogP contribution in [0.4, 0.5) is 0 Å². The molecule has 7 heteroatoms. The van der Waals surface area contributed by atoms with Crippen molar-refractivity contribution in [3.63, 3.8) is 0 Å². The highest BCUT2D eigenvalue weighted by molar-refractivity contribution is 5.81. The highest BCUT2D eigenvalue weighted by Gasteiger charge is 2.19. The zero-order valence-electron chi connectivity index (χ0n) is 13.7. The van der Waals surface area contributed by atoms with Gasteiger partial charge in [-0.05, 0) is 12.0 Å². The number of carbonyl (C=O) groups is 1. The number of hydrogen-bond acceptors (Lipinski definition) is 5. The number of aromatic nitrogens is 2.